The number of thioether (sulfide) groups is 1. The second-order valence-corrected chi connectivity index (χ2v) is 5.27. The maximum Gasteiger partial charge on any atom is 0.126 e. The lowest BCUT2D eigenvalue weighted by molar-refractivity contribution is 0.768. The molecular weight excluding hydrogens is 216 g/mol. The van der Waals surface area contributed by atoms with Crippen LogP contribution in [0.2, 0.25) is 0 Å². The van der Waals surface area contributed by atoms with E-state index in [1.165, 1.54) is 24.1 Å². The van der Waals surface area contributed by atoms with Crippen LogP contribution >= 0.6 is 11.8 Å². The molecule has 1 unspecified atom stereocenters. The molecule has 2 nitrogen and oxygen atoms in total. The number of aromatic nitrogens is 1. The number of nitrogens with one attached hydrogen (secondary N) is 1. The minimum Gasteiger partial charge on any atom is -0.367 e. The number of anilines is 1. The highest BCUT2D eigenvalue weighted by atomic mass is 32.2. The standard InChI is InChI=1S/C13H20N2S/c1-3-11(9-16-2)14-13-8-7-10-5-4-6-12(10)15-13/h7-8,11H,3-6,9H2,1-2H3,(H,14,15). The summed E-state index contributed by atoms with van der Waals surface area (Å²) in [6.07, 6.45) is 6.95. The molecule has 1 aromatic heterocycles. The molecule has 0 saturated carbocycles. The summed E-state index contributed by atoms with van der Waals surface area (Å²) < 4.78 is 0. The van der Waals surface area contributed by atoms with E-state index in [1.807, 2.05) is 11.8 Å². The van der Waals surface area contributed by atoms with Crippen LogP contribution in [-0.2, 0) is 12.8 Å². The average molecular weight is 236 g/mol. The summed E-state index contributed by atoms with van der Waals surface area (Å²) in [7, 11) is 0. The number of nitrogens with zero attached hydrogens (tertiary/aromatic N) is 1. The highest BCUT2D eigenvalue weighted by Gasteiger charge is 2.13. The smallest absolute Gasteiger partial charge is 0.126 e. The molecule has 0 radical (unpaired) electrons. The van der Waals surface area contributed by atoms with Crippen LogP contribution in [0.15, 0.2) is 12.1 Å². The molecule has 1 aliphatic carbocycles. The molecule has 88 valence electrons. The van der Waals surface area contributed by atoms with Gasteiger partial charge in [-0.1, -0.05) is 13.0 Å². The van der Waals surface area contributed by atoms with Crippen molar-refractivity contribution >= 4 is 17.6 Å². The van der Waals surface area contributed by atoms with Gasteiger partial charge in [0.25, 0.3) is 0 Å². The Labute approximate surface area is 102 Å². The third kappa shape index (κ3) is 2.70. The van der Waals surface area contributed by atoms with Gasteiger partial charge in [-0.25, -0.2) is 4.98 Å². The highest BCUT2D eigenvalue weighted by molar-refractivity contribution is 7.98. The average Bonchev–Trinajstić information content (AvgIpc) is 2.75. The van der Waals surface area contributed by atoms with Crippen molar-refractivity contribution < 1.29 is 0 Å². The van der Waals surface area contributed by atoms with Crippen molar-refractivity contribution in [3.05, 3.63) is 23.4 Å². The monoisotopic (exact) mass is 236 g/mol. The van der Waals surface area contributed by atoms with Gasteiger partial charge in [-0.15, -0.1) is 0 Å². The Kier molecular flexibility index (Phi) is 4.10. The summed E-state index contributed by atoms with van der Waals surface area (Å²) in [5, 5.41) is 3.53. The number of hydrogen-bond acceptors (Lipinski definition) is 3. The molecule has 0 aromatic carbocycles. The van der Waals surface area contributed by atoms with Crippen LogP contribution in [0, 0.1) is 0 Å². The van der Waals surface area contributed by atoms with Gasteiger partial charge in [-0.05, 0) is 43.6 Å². The minimum absolute atomic E-state index is 0.543. The van der Waals surface area contributed by atoms with E-state index < -0.39 is 0 Å². The van der Waals surface area contributed by atoms with Crippen LogP contribution in [-0.4, -0.2) is 23.0 Å². The summed E-state index contributed by atoms with van der Waals surface area (Å²) in [5.41, 5.74) is 2.76. The van der Waals surface area contributed by atoms with Crippen molar-refractivity contribution in [3.8, 4) is 0 Å². The number of rotatable bonds is 5. The summed E-state index contributed by atoms with van der Waals surface area (Å²) in [4.78, 5) is 4.70. The topological polar surface area (TPSA) is 24.9 Å². The normalized spacial score (nSPS) is 15.9. The van der Waals surface area contributed by atoms with Crippen molar-refractivity contribution in [1.82, 2.24) is 4.98 Å². The maximum atomic E-state index is 4.70. The first-order chi connectivity index (χ1) is 7.83. The first-order valence-corrected chi connectivity index (χ1v) is 7.47. The van der Waals surface area contributed by atoms with Crippen molar-refractivity contribution in [3.63, 3.8) is 0 Å². The molecule has 1 atom stereocenters. The van der Waals surface area contributed by atoms with Gasteiger partial charge in [0, 0.05) is 17.5 Å². The van der Waals surface area contributed by atoms with Crippen LogP contribution in [0.1, 0.15) is 31.0 Å². The Morgan fingerprint density at radius 1 is 1.44 bits per heavy atom. The van der Waals surface area contributed by atoms with Crippen LogP contribution in [0.5, 0.6) is 0 Å². The lowest BCUT2D eigenvalue weighted by Crippen LogP contribution is -2.21. The van der Waals surface area contributed by atoms with Crippen molar-refractivity contribution in [2.75, 3.05) is 17.3 Å². The van der Waals surface area contributed by atoms with Crippen molar-refractivity contribution in [1.29, 1.82) is 0 Å². The first kappa shape index (κ1) is 11.8. The van der Waals surface area contributed by atoms with E-state index >= 15 is 0 Å². The molecule has 2 rings (SSSR count). The fourth-order valence-electron chi connectivity index (χ4n) is 2.17. The molecule has 3 heteroatoms. The van der Waals surface area contributed by atoms with E-state index in [1.54, 1.807) is 0 Å². The lowest BCUT2D eigenvalue weighted by atomic mass is 10.2. The number of aryl methyl sites for hydroxylation is 2. The fraction of sp³-hybridized carbons (Fsp3) is 0.615. The molecule has 1 aliphatic rings. The Morgan fingerprint density at radius 3 is 3.06 bits per heavy atom. The highest BCUT2D eigenvalue weighted by Crippen LogP contribution is 2.22. The lowest BCUT2D eigenvalue weighted by Gasteiger charge is -2.16. The van der Waals surface area contributed by atoms with E-state index in [9.17, 15) is 0 Å². The zero-order chi connectivity index (χ0) is 11.4. The largest absolute Gasteiger partial charge is 0.367 e. The van der Waals surface area contributed by atoms with Gasteiger partial charge in [-0.2, -0.15) is 11.8 Å². The van der Waals surface area contributed by atoms with Crippen molar-refractivity contribution in [2.24, 2.45) is 0 Å². The summed E-state index contributed by atoms with van der Waals surface area (Å²) in [6.45, 7) is 2.22. The molecular formula is C13H20N2S. The zero-order valence-electron chi connectivity index (χ0n) is 10.1. The predicted molar refractivity (Wildman–Crippen MR) is 72.3 cm³/mol. The van der Waals surface area contributed by atoms with E-state index in [2.05, 4.69) is 30.6 Å². The fourth-order valence-corrected chi connectivity index (χ4v) is 2.89. The van der Waals surface area contributed by atoms with Crippen LogP contribution < -0.4 is 5.32 Å². The Hall–Kier alpha value is -0.700. The molecule has 0 spiro atoms. The van der Waals surface area contributed by atoms with Gasteiger partial charge in [0.05, 0.1) is 0 Å². The summed E-state index contributed by atoms with van der Waals surface area (Å²) in [6, 6.07) is 4.92. The van der Waals surface area contributed by atoms with Crippen molar-refractivity contribution in [2.45, 2.75) is 38.6 Å². The molecule has 16 heavy (non-hydrogen) atoms. The molecule has 0 aliphatic heterocycles. The number of hydrogen-bond donors (Lipinski definition) is 1. The van der Waals surface area contributed by atoms with Crippen LogP contribution in [0.3, 0.4) is 0 Å². The maximum absolute atomic E-state index is 4.70. The van der Waals surface area contributed by atoms with E-state index in [0.717, 1.165) is 24.4 Å². The van der Waals surface area contributed by atoms with Crippen LogP contribution in [0.25, 0.3) is 0 Å². The zero-order valence-corrected chi connectivity index (χ0v) is 10.9. The Balaban J connectivity index is 2.04. The SMILES string of the molecule is CCC(CSC)Nc1ccc2c(n1)CCC2. The Bertz CT molecular complexity index is 352. The molecule has 1 heterocycles. The molecule has 0 fully saturated rings. The Morgan fingerprint density at radius 2 is 2.31 bits per heavy atom. The number of fused-ring (bicyclic) bond motifs is 1. The van der Waals surface area contributed by atoms with E-state index in [0.29, 0.717) is 6.04 Å². The quantitative estimate of drug-likeness (QED) is 0.850. The van der Waals surface area contributed by atoms with Gasteiger partial charge in [-0.3, -0.25) is 0 Å². The molecule has 0 amide bonds. The van der Waals surface area contributed by atoms with E-state index in [-0.39, 0.29) is 0 Å². The third-order valence-electron chi connectivity index (χ3n) is 3.14. The van der Waals surface area contributed by atoms with Gasteiger partial charge in [0.15, 0.2) is 0 Å². The summed E-state index contributed by atoms with van der Waals surface area (Å²) >= 11 is 1.89. The van der Waals surface area contributed by atoms with Gasteiger partial charge >= 0.3 is 0 Å². The second kappa shape index (κ2) is 5.58. The first-order valence-electron chi connectivity index (χ1n) is 6.07. The summed E-state index contributed by atoms with van der Waals surface area (Å²) in [5.74, 6) is 2.21. The predicted octanol–water partition coefficient (Wildman–Crippen LogP) is 3.12. The molecule has 1 aromatic rings. The molecule has 0 saturated heterocycles. The minimum atomic E-state index is 0.543. The van der Waals surface area contributed by atoms with Gasteiger partial charge in [0.1, 0.15) is 5.82 Å². The van der Waals surface area contributed by atoms with E-state index in [4.69, 9.17) is 4.98 Å². The number of pyridine rings is 1. The second-order valence-electron chi connectivity index (χ2n) is 4.36. The molecule has 0 bridgehead atoms. The van der Waals surface area contributed by atoms with Crippen LogP contribution in [0.4, 0.5) is 5.82 Å². The third-order valence-corrected chi connectivity index (χ3v) is 3.88. The van der Waals surface area contributed by atoms with Gasteiger partial charge in [0.2, 0.25) is 0 Å². The van der Waals surface area contributed by atoms with Gasteiger partial charge < -0.3 is 5.32 Å². The molecule has 1 N–H and O–H groups in total.